The number of carbonyl (C=O) groups is 1. The Morgan fingerprint density at radius 1 is 1.16 bits per heavy atom. The molecule has 0 saturated carbocycles. The Balaban J connectivity index is 2.19. The number of pyridine rings is 1. The van der Waals surface area contributed by atoms with Crippen LogP contribution in [0.2, 0.25) is 0 Å². The van der Waals surface area contributed by atoms with Crippen molar-refractivity contribution >= 4 is 5.78 Å². The molecule has 98 valence electrons. The third-order valence-corrected chi connectivity index (χ3v) is 2.84. The van der Waals surface area contributed by atoms with Gasteiger partial charge in [-0.2, -0.15) is 0 Å². The van der Waals surface area contributed by atoms with Crippen LogP contribution >= 0.6 is 0 Å². The first-order valence-electron chi connectivity index (χ1n) is 6.21. The van der Waals surface area contributed by atoms with Crippen LogP contribution in [0.1, 0.15) is 34.0 Å². The number of benzene rings is 1. The molecular formula is C16H17NO2. The highest BCUT2D eigenvalue weighted by Crippen LogP contribution is 2.22. The van der Waals surface area contributed by atoms with Crippen molar-refractivity contribution in [1.82, 2.24) is 4.98 Å². The van der Waals surface area contributed by atoms with Gasteiger partial charge >= 0.3 is 0 Å². The fourth-order valence-corrected chi connectivity index (χ4v) is 1.90. The van der Waals surface area contributed by atoms with E-state index >= 15 is 0 Å². The van der Waals surface area contributed by atoms with E-state index in [0.717, 1.165) is 16.7 Å². The molecule has 1 heterocycles. The van der Waals surface area contributed by atoms with Crippen molar-refractivity contribution in [3.05, 3.63) is 58.9 Å². The lowest BCUT2D eigenvalue weighted by Crippen LogP contribution is -2.02. The smallest absolute Gasteiger partial charge is 0.163 e. The molecule has 0 atom stereocenters. The van der Waals surface area contributed by atoms with Crippen molar-refractivity contribution in [2.24, 2.45) is 0 Å². The average molecular weight is 255 g/mol. The van der Waals surface area contributed by atoms with Crippen LogP contribution in [-0.2, 0) is 6.61 Å². The highest BCUT2D eigenvalue weighted by molar-refractivity contribution is 5.96. The first-order chi connectivity index (χ1) is 9.06. The van der Waals surface area contributed by atoms with Crippen molar-refractivity contribution in [2.45, 2.75) is 27.4 Å². The molecule has 0 aliphatic heterocycles. The molecule has 19 heavy (non-hydrogen) atoms. The Morgan fingerprint density at radius 3 is 2.63 bits per heavy atom. The number of aromatic nitrogens is 1. The van der Waals surface area contributed by atoms with Gasteiger partial charge in [0.2, 0.25) is 0 Å². The zero-order valence-corrected chi connectivity index (χ0v) is 11.4. The number of Topliss-reactive ketones (excluding diaryl/α,β-unsaturated/α-hetero) is 1. The maximum absolute atomic E-state index is 11.6. The number of ether oxygens (including phenoxy) is 1. The molecule has 0 N–H and O–H groups in total. The molecule has 3 heteroatoms. The van der Waals surface area contributed by atoms with Crippen LogP contribution in [0.5, 0.6) is 5.75 Å². The van der Waals surface area contributed by atoms with E-state index in [1.165, 1.54) is 0 Å². The monoisotopic (exact) mass is 255 g/mol. The molecule has 0 bridgehead atoms. The van der Waals surface area contributed by atoms with Gasteiger partial charge in [-0.15, -0.1) is 0 Å². The summed E-state index contributed by atoms with van der Waals surface area (Å²) in [6.45, 7) is 5.93. The summed E-state index contributed by atoms with van der Waals surface area (Å²) in [6, 6.07) is 7.63. The van der Waals surface area contributed by atoms with Crippen LogP contribution in [0, 0.1) is 13.8 Å². The highest BCUT2D eigenvalue weighted by atomic mass is 16.5. The lowest BCUT2D eigenvalue weighted by molar-refractivity contribution is 0.101. The lowest BCUT2D eigenvalue weighted by atomic mass is 10.1. The summed E-state index contributed by atoms with van der Waals surface area (Å²) in [4.78, 5) is 15.7. The Kier molecular flexibility index (Phi) is 3.95. The van der Waals surface area contributed by atoms with Gasteiger partial charge in [0.1, 0.15) is 12.4 Å². The predicted molar refractivity (Wildman–Crippen MR) is 74.5 cm³/mol. The number of hydrogen-bond acceptors (Lipinski definition) is 3. The maximum Gasteiger partial charge on any atom is 0.163 e. The van der Waals surface area contributed by atoms with Gasteiger partial charge in [0.15, 0.2) is 5.78 Å². The molecule has 0 radical (unpaired) electrons. The highest BCUT2D eigenvalue weighted by Gasteiger charge is 2.08. The summed E-state index contributed by atoms with van der Waals surface area (Å²) in [5.74, 6) is 0.645. The molecular weight excluding hydrogens is 238 g/mol. The standard InChI is InChI=1S/C16H17NO2/c1-11-4-5-15(13(3)18)16(7-11)19-10-14-6-12(2)8-17-9-14/h4-9H,10H2,1-3H3. The minimum atomic E-state index is 0.0115. The second-order valence-electron chi connectivity index (χ2n) is 4.72. The number of rotatable bonds is 4. The molecule has 3 nitrogen and oxygen atoms in total. The van der Waals surface area contributed by atoms with Gasteiger partial charge in [-0.3, -0.25) is 9.78 Å². The normalized spacial score (nSPS) is 10.3. The summed E-state index contributed by atoms with van der Waals surface area (Å²) in [7, 11) is 0. The third-order valence-electron chi connectivity index (χ3n) is 2.84. The Labute approximate surface area is 113 Å². The summed E-state index contributed by atoms with van der Waals surface area (Å²) >= 11 is 0. The largest absolute Gasteiger partial charge is 0.488 e. The fourth-order valence-electron chi connectivity index (χ4n) is 1.90. The van der Waals surface area contributed by atoms with E-state index in [4.69, 9.17) is 4.74 Å². The molecule has 1 aromatic heterocycles. The second-order valence-corrected chi connectivity index (χ2v) is 4.72. The van der Waals surface area contributed by atoms with Crippen LogP contribution < -0.4 is 4.74 Å². The maximum atomic E-state index is 11.6. The van der Waals surface area contributed by atoms with Crippen LogP contribution in [0.4, 0.5) is 0 Å². The van der Waals surface area contributed by atoms with Gasteiger partial charge in [-0.1, -0.05) is 6.07 Å². The molecule has 0 aliphatic carbocycles. The van der Waals surface area contributed by atoms with Gasteiger partial charge in [0, 0.05) is 18.0 Å². The van der Waals surface area contributed by atoms with Crippen molar-refractivity contribution < 1.29 is 9.53 Å². The zero-order valence-electron chi connectivity index (χ0n) is 11.4. The van der Waals surface area contributed by atoms with Crippen molar-refractivity contribution in [2.75, 3.05) is 0 Å². The van der Waals surface area contributed by atoms with E-state index < -0.39 is 0 Å². The second kappa shape index (κ2) is 5.65. The van der Waals surface area contributed by atoms with Gasteiger partial charge in [0.05, 0.1) is 5.56 Å². The number of aryl methyl sites for hydroxylation is 2. The Morgan fingerprint density at radius 2 is 1.95 bits per heavy atom. The molecule has 0 unspecified atom stereocenters. The Bertz CT molecular complexity index is 605. The SMILES string of the molecule is CC(=O)c1ccc(C)cc1OCc1cncc(C)c1. The minimum Gasteiger partial charge on any atom is -0.488 e. The van der Waals surface area contributed by atoms with Crippen LogP contribution in [-0.4, -0.2) is 10.8 Å². The summed E-state index contributed by atoms with van der Waals surface area (Å²) in [5.41, 5.74) is 3.78. The molecule has 0 saturated heterocycles. The van der Waals surface area contributed by atoms with E-state index in [9.17, 15) is 4.79 Å². The summed E-state index contributed by atoms with van der Waals surface area (Å²) in [6.07, 6.45) is 3.58. The zero-order chi connectivity index (χ0) is 13.8. The predicted octanol–water partition coefficient (Wildman–Crippen LogP) is 3.48. The van der Waals surface area contributed by atoms with Crippen LogP contribution in [0.25, 0.3) is 0 Å². The molecule has 0 aliphatic rings. The van der Waals surface area contributed by atoms with Crippen LogP contribution in [0.15, 0.2) is 36.7 Å². The topological polar surface area (TPSA) is 39.2 Å². The van der Waals surface area contributed by atoms with Gasteiger partial charge in [-0.05, 0) is 50.1 Å². The summed E-state index contributed by atoms with van der Waals surface area (Å²) < 4.78 is 5.76. The molecule has 2 aromatic rings. The number of ketones is 1. The summed E-state index contributed by atoms with van der Waals surface area (Å²) in [5, 5.41) is 0. The van der Waals surface area contributed by atoms with Crippen molar-refractivity contribution in [3.63, 3.8) is 0 Å². The number of nitrogens with zero attached hydrogens (tertiary/aromatic N) is 1. The molecule has 1 aromatic carbocycles. The van der Waals surface area contributed by atoms with E-state index in [-0.39, 0.29) is 5.78 Å². The quantitative estimate of drug-likeness (QED) is 0.785. The Hall–Kier alpha value is -2.16. The first kappa shape index (κ1) is 13.3. The number of carbonyl (C=O) groups excluding carboxylic acids is 1. The van der Waals surface area contributed by atoms with Crippen molar-refractivity contribution in [1.29, 1.82) is 0 Å². The van der Waals surface area contributed by atoms with E-state index in [1.807, 2.05) is 38.1 Å². The molecule has 2 rings (SSSR count). The van der Waals surface area contributed by atoms with Gasteiger partial charge in [-0.25, -0.2) is 0 Å². The first-order valence-corrected chi connectivity index (χ1v) is 6.21. The number of hydrogen-bond donors (Lipinski definition) is 0. The minimum absolute atomic E-state index is 0.0115. The average Bonchev–Trinajstić information content (AvgIpc) is 2.36. The van der Waals surface area contributed by atoms with Crippen molar-refractivity contribution in [3.8, 4) is 5.75 Å². The van der Waals surface area contributed by atoms with Gasteiger partial charge < -0.3 is 4.74 Å². The third kappa shape index (κ3) is 3.41. The van der Waals surface area contributed by atoms with Gasteiger partial charge in [0.25, 0.3) is 0 Å². The van der Waals surface area contributed by atoms with E-state index in [1.54, 1.807) is 19.3 Å². The van der Waals surface area contributed by atoms with E-state index in [0.29, 0.717) is 17.9 Å². The molecule has 0 spiro atoms. The van der Waals surface area contributed by atoms with E-state index in [2.05, 4.69) is 4.98 Å². The lowest BCUT2D eigenvalue weighted by Gasteiger charge is -2.11. The molecule has 0 fully saturated rings. The fraction of sp³-hybridized carbons (Fsp3) is 0.250. The molecule has 0 amide bonds. The van der Waals surface area contributed by atoms with Crippen LogP contribution in [0.3, 0.4) is 0 Å².